The average Bonchev–Trinajstić information content (AvgIpc) is 2.87. The Bertz CT molecular complexity index is 560. The van der Waals surface area contributed by atoms with Crippen LogP contribution in [0.15, 0.2) is 12.1 Å². The fraction of sp³-hybridized carbons (Fsp3) is 0.467. The molecule has 7 nitrogen and oxygen atoms in total. The normalized spacial score (nSPS) is 17.5. The highest BCUT2D eigenvalue weighted by atomic mass is 16.5. The molecule has 0 N–H and O–H groups in total. The van der Waals surface area contributed by atoms with Crippen molar-refractivity contribution in [2.24, 2.45) is 5.92 Å². The lowest BCUT2D eigenvalue weighted by atomic mass is 10.1. The first-order valence-electron chi connectivity index (χ1n) is 6.77. The first kappa shape index (κ1) is 15.9. The van der Waals surface area contributed by atoms with Crippen molar-refractivity contribution < 1.29 is 28.9 Å². The maximum atomic E-state index is 11.9. The number of ether oxygens (including phenoxy) is 3. The second-order valence-electron chi connectivity index (χ2n) is 5.03. The zero-order valence-electron chi connectivity index (χ0n) is 12.8. The van der Waals surface area contributed by atoms with E-state index in [1.807, 2.05) is 0 Å². The molecule has 0 aliphatic carbocycles. The molecule has 0 saturated carbocycles. The van der Waals surface area contributed by atoms with Gasteiger partial charge < -0.3 is 29.0 Å². The van der Waals surface area contributed by atoms with Crippen LogP contribution in [0.2, 0.25) is 0 Å². The van der Waals surface area contributed by atoms with E-state index in [1.165, 1.54) is 26.2 Å². The Morgan fingerprint density at radius 2 is 1.82 bits per heavy atom. The molecule has 1 amide bonds. The molecule has 0 unspecified atom stereocenters. The van der Waals surface area contributed by atoms with E-state index in [1.54, 1.807) is 12.1 Å². The van der Waals surface area contributed by atoms with Crippen LogP contribution >= 0.6 is 0 Å². The van der Waals surface area contributed by atoms with Crippen LogP contribution in [0.1, 0.15) is 12.0 Å². The van der Waals surface area contributed by atoms with Crippen molar-refractivity contribution in [3.8, 4) is 17.2 Å². The highest BCUT2D eigenvalue weighted by Gasteiger charge is 2.30. The molecule has 120 valence electrons. The number of amides is 1. The topological polar surface area (TPSA) is 88.1 Å². The lowest BCUT2D eigenvalue weighted by molar-refractivity contribution is -0.311. The van der Waals surface area contributed by atoms with Gasteiger partial charge in [-0.3, -0.25) is 4.79 Å². The van der Waals surface area contributed by atoms with E-state index in [9.17, 15) is 14.7 Å². The molecule has 1 aliphatic heterocycles. The molecule has 7 heteroatoms. The molecule has 0 aromatic heterocycles. The van der Waals surface area contributed by atoms with Crippen molar-refractivity contribution in [3.05, 3.63) is 17.7 Å². The second kappa shape index (κ2) is 6.55. The van der Waals surface area contributed by atoms with E-state index in [2.05, 4.69) is 0 Å². The number of methoxy groups -OCH3 is 3. The third-order valence-electron chi connectivity index (χ3n) is 3.65. The molecule has 22 heavy (non-hydrogen) atoms. The first-order chi connectivity index (χ1) is 10.5. The third kappa shape index (κ3) is 3.08. The summed E-state index contributed by atoms with van der Waals surface area (Å²) in [7, 11) is 4.52. The van der Waals surface area contributed by atoms with Crippen molar-refractivity contribution in [1.29, 1.82) is 0 Å². The second-order valence-corrected chi connectivity index (χ2v) is 5.03. The Kier molecular flexibility index (Phi) is 4.75. The highest BCUT2D eigenvalue weighted by molar-refractivity contribution is 5.85. The lowest BCUT2D eigenvalue weighted by Crippen LogP contribution is -2.33. The summed E-state index contributed by atoms with van der Waals surface area (Å²) >= 11 is 0. The molecule has 1 aromatic rings. The van der Waals surface area contributed by atoms with Gasteiger partial charge in [0.05, 0.1) is 21.3 Å². The molecule has 0 bridgehead atoms. The molecular formula is C15H18NO6-. The SMILES string of the molecule is COc1cc(CN2C[C@@H](C(=O)[O-])CC2=O)cc(OC)c1OC. The van der Waals surface area contributed by atoms with Gasteiger partial charge in [0.2, 0.25) is 11.7 Å². The van der Waals surface area contributed by atoms with E-state index in [0.29, 0.717) is 17.2 Å². The van der Waals surface area contributed by atoms with Gasteiger partial charge in [-0.25, -0.2) is 0 Å². The summed E-state index contributed by atoms with van der Waals surface area (Å²) in [6.07, 6.45) is -0.0211. The monoisotopic (exact) mass is 308 g/mol. The van der Waals surface area contributed by atoms with E-state index in [-0.39, 0.29) is 25.4 Å². The quantitative estimate of drug-likeness (QED) is 0.724. The Labute approximate surface area is 128 Å². The van der Waals surface area contributed by atoms with E-state index in [4.69, 9.17) is 14.2 Å². The first-order valence-corrected chi connectivity index (χ1v) is 6.77. The van der Waals surface area contributed by atoms with Gasteiger partial charge in [-0.15, -0.1) is 0 Å². The predicted molar refractivity (Wildman–Crippen MR) is 74.6 cm³/mol. The minimum absolute atomic E-state index is 0.0211. The number of carboxylic acids is 1. The summed E-state index contributed by atoms with van der Waals surface area (Å²) in [6.45, 7) is 0.428. The average molecular weight is 308 g/mol. The van der Waals surface area contributed by atoms with Gasteiger partial charge in [0.1, 0.15) is 0 Å². The lowest BCUT2D eigenvalue weighted by Gasteiger charge is -2.19. The molecule has 1 saturated heterocycles. The minimum Gasteiger partial charge on any atom is -0.550 e. The van der Waals surface area contributed by atoms with Crippen LogP contribution in [-0.2, 0) is 16.1 Å². The summed E-state index contributed by atoms with van der Waals surface area (Å²) in [5.74, 6) is -0.716. The molecule has 0 radical (unpaired) electrons. The van der Waals surface area contributed by atoms with Crippen molar-refractivity contribution in [2.75, 3.05) is 27.9 Å². The number of carboxylic acid groups (broad SMARTS) is 1. The molecule has 0 spiro atoms. The van der Waals surface area contributed by atoms with Gasteiger partial charge in [0, 0.05) is 31.4 Å². The van der Waals surface area contributed by atoms with E-state index in [0.717, 1.165) is 5.56 Å². The van der Waals surface area contributed by atoms with Crippen molar-refractivity contribution in [3.63, 3.8) is 0 Å². The van der Waals surface area contributed by atoms with Gasteiger partial charge in [0.15, 0.2) is 11.5 Å². The highest BCUT2D eigenvalue weighted by Crippen LogP contribution is 2.38. The van der Waals surface area contributed by atoms with Crippen LogP contribution in [0, 0.1) is 5.92 Å². The van der Waals surface area contributed by atoms with Gasteiger partial charge in [-0.1, -0.05) is 0 Å². The van der Waals surface area contributed by atoms with Crippen molar-refractivity contribution in [1.82, 2.24) is 4.90 Å². The fourth-order valence-electron chi connectivity index (χ4n) is 2.53. The molecule has 1 aliphatic rings. The van der Waals surface area contributed by atoms with Gasteiger partial charge in [-0.05, 0) is 17.7 Å². The molecular weight excluding hydrogens is 290 g/mol. The molecule has 1 atom stereocenters. The largest absolute Gasteiger partial charge is 0.550 e. The molecule has 2 rings (SSSR count). The van der Waals surface area contributed by atoms with Crippen molar-refractivity contribution in [2.45, 2.75) is 13.0 Å². The van der Waals surface area contributed by atoms with Crippen LogP contribution in [0.4, 0.5) is 0 Å². The minimum atomic E-state index is -1.19. The van der Waals surface area contributed by atoms with Crippen LogP contribution in [0.5, 0.6) is 17.2 Å². The number of benzene rings is 1. The van der Waals surface area contributed by atoms with Gasteiger partial charge >= 0.3 is 0 Å². The van der Waals surface area contributed by atoms with Crippen LogP contribution in [-0.4, -0.2) is 44.7 Å². The summed E-state index contributed by atoms with van der Waals surface area (Å²) < 4.78 is 15.8. The number of nitrogens with zero attached hydrogens (tertiary/aromatic N) is 1. The number of rotatable bonds is 6. The van der Waals surface area contributed by atoms with E-state index < -0.39 is 11.9 Å². The standard InChI is InChI=1S/C15H19NO6/c1-20-11-4-9(5-12(21-2)14(11)22-3)7-16-8-10(15(18)19)6-13(16)17/h4-5,10H,6-8H2,1-3H3,(H,18,19)/p-1/t10-/m0/s1. The van der Waals surface area contributed by atoms with Crippen LogP contribution in [0.3, 0.4) is 0 Å². The molecule has 1 fully saturated rings. The van der Waals surface area contributed by atoms with Crippen molar-refractivity contribution >= 4 is 11.9 Å². The Morgan fingerprint density at radius 1 is 1.23 bits per heavy atom. The zero-order chi connectivity index (χ0) is 16.3. The number of carbonyl (C=O) groups is 2. The Morgan fingerprint density at radius 3 is 2.23 bits per heavy atom. The summed E-state index contributed by atoms with van der Waals surface area (Å²) in [4.78, 5) is 24.2. The maximum Gasteiger partial charge on any atom is 0.223 e. The number of carbonyl (C=O) groups excluding carboxylic acids is 2. The number of hydrogen-bond acceptors (Lipinski definition) is 6. The summed E-state index contributed by atoms with van der Waals surface area (Å²) in [5, 5.41) is 10.9. The number of hydrogen-bond donors (Lipinski definition) is 0. The van der Waals surface area contributed by atoms with Gasteiger partial charge in [0.25, 0.3) is 0 Å². The number of likely N-dealkylation sites (tertiary alicyclic amines) is 1. The molecule has 1 aromatic carbocycles. The summed E-state index contributed by atoms with van der Waals surface area (Å²) in [6, 6.07) is 3.47. The Hall–Kier alpha value is -2.44. The predicted octanol–water partition coefficient (Wildman–Crippen LogP) is -0.189. The number of aliphatic carboxylic acids is 1. The molecule has 1 heterocycles. The Balaban J connectivity index is 2.23. The fourth-order valence-corrected chi connectivity index (χ4v) is 2.53. The smallest absolute Gasteiger partial charge is 0.223 e. The van der Waals surface area contributed by atoms with Gasteiger partial charge in [-0.2, -0.15) is 0 Å². The van der Waals surface area contributed by atoms with E-state index >= 15 is 0 Å². The van der Waals surface area contributed by atoms with Crippen LogP contribution < -0.4 is 19.3 Å². The summed E-state index contributed by atoms with van der Waals surface area (Å²) in [5.41, 5.74) is 0.766. The van der Waals surface area contributed by atoms with Crippen LogP contribution in [0.25, 0.3) is 0 Å². The third-order valence-corrected chi connectivity index (χ3v) is 3.65. The zero-order valence-corrected chi connectivity index (χ0v) is 12.8. The maximum absolute atomic E-state index is 11.9.